The molecule has 0 saturated heterocycles. The van der Waals surface area contributed by atoms with Crippen molar-refractivity contribution in [2.75, 3.05) is 0 Å². The van der Waals surface area contributed by atoms with Crippen molar-refractivity contribution in [1.82, 2.24) is 0 Å². The normalized spacial score (nSPS) is 26.7. The van der Waals surface area contributed by atoms with Crippen LogP contribution in [0.5, 0.6) is 0 Å². The molecule has 1 aliphatic carbocycles. The monoisotopic (exact) mass is 142 g/mol. The van der Waals surface area contributed by atoms with E-state index in [1.165, 1.54) is 0 Å². The van der Waals surface area contributed by atoms with E-state index in [2.05, 4.69) is 0 Å². The highest BCUT2D eigenvalue weighted by atomic mass is 16.4. The summed E-state index contributed by atoms with van der Waals surface area (Å²) in [7, 11) is 0. The molecule has 1 aliphatic rings. The first-order chi connectivity index (χ1) is 4.72. The van der Waals surface area contributed by atoms with Crippen molar-refractivity contribution in [3.05, 3.63) is 12.2 Å². The fraction of sp³-hybridized carbons (Fsp3) is 0.571. The highest BCUT2D eigenvalue weighted by Gasteiger charge is 2.24. The van der Waals surface area contributed by atoms with E-state index in [0.717, 1.165) is 12.8 Å². The average molecular weight is 142 g/mol. The lowest BCUT2D eigenvalue weighted by Gasteiger charge is -2.10. The van der Waals surface area contributed by atoms with Gasteiger partial charge in [-0.1, -0.05) is 12.2 Å². The summed E-state index contributed by atoms with van der Waals surface area (Å²) in [6, 6.07) is 0. The minimum Gasteiger partial charge on any atom is -0.479 e. The SMILES string of the molecule is O=C(O)[C@H](O)[C@H]1C=CCC1. The molecular weight excluding hydrogens is 132 g/mol. The molecule has 0 heterocycles. The van der Waals surface area contributed by atoms with Crippen molar-refractivity contribution >= 4 is 5.97 Å². The van der Waals surface area contributed by atoms with Crippen molar-refractivity contribution in [3.8, 4) is 0 Å². The molecule has 0 bridgehead atoms. The number of hydrogen-bond donors (Lipinski definition) is 2. The molecule has 0 saturated carbocycles. The van der Waals surface area contributed by atoms with Gasteiger partial charge in [-0.3, -0.25) is 0 Å². The maximum atomic E-state index is 10.2. The van der Waals surface area contributed by atoms with Crippen LogP contribution in [0.4, 0.5) is 0 Å². The Morgan fingerprint density at radius 1 is 1.70 bits per heavy atom. The number of aliphatic hydroxyl groups is 1. The van der Waals surface area contributed by atoms with Gasteiger partial charge in [0, 0.05) is 5.92 Å². The lowest BCUT2D eigenvalue weighted by Crippen LogP contribution is -2.26. The van der Waals surface area contributed by atoms with Gasteiger partial charge in [-0.15, -0.1) is 0 Å². The number of carboxylic acids is 1. The highest BCUT2D eigenvalue weighted by Crippen LogP contribution is 2.20. The standard InChI is InChI=1S/C7H10O3/c8-6(7(9)10)5-3-1-2-4-5/h1,3,5-6,8H,2,4H2,(H,9,10)/t5-,6+/m0/s1. The van der Waals surface area contributed by atoms with Crippen molar-refractivity contribution in [3.63, 3.8) is 0 Å². The Hall–Kier alpha value is -0.830. The Bertz CT molecular complexity index is 162. The minimum absolute atomic E-state index is 0.169. The van der Waals surface area contributed by atoms with E-state index in [1.807, 2.05) is 6.08 Å². The zero-order valence-electron chi connectivity index (χ0n) is 5.53. The first-order valence-electron chi connectivity index (χ1n) is 3.29. The van der Waals surface area contributed by atoms with Gasteiger partial charge in [-0.25, -0.2) is 4.79 Å². The molecule has 0 radical (unpaired) electrons. The fourth-order valence-electron chi connectivity index (χ4n) is 1.10. The van der Waals surface area contributed by atoms with Gasteiger partial charge in [0.25, 0.3) is 0 Å². The number of allylic oxidation sites excluding steroid dienone is 1. The second kappa shape index (κ2) is 2.84. The molecule has 10 heavy (non-hydrogen) atoms. The molecule has 56 valence electrons. The minimum atomic E-state index is -1.21. The van der Waals surface area contributed by atoms with Crippen LogP contribution in [0, 0.1) is 5.92 Å². The van der Waals surface area contributed by atoms with E-state index in [9.17, 15) is 4.79 Å². The van der Waals surface area contributed by atoms with Crippen molar-refractivity contribution in [1.29, 1.82) is 0 Å². The summed E-state index contributed by atoms with van der Waals surface area (Å²) < 4.78 is 0. The van der Waals surface area contributed by atoms with Gasteiger partial charge in [0.1, 0.15) is 0 Å². The van der Waals surface area contributed by atoms with Crippen LogP contribution in [-0.4, -0.2) is 22.3 Å². The molecule has 3 heteroatoms. The first-order valence-corrected chi connectivity index (χ1v) is 3.29. The Balaban J connectivity index is 2.48. The van der Waals surface area contributed by atoms with E-state index in [1.54, 1.807) is 6.08 Å². The Morgan fingerprint density at radius 3 is 2.80 bits per heavy atom. The number of aliphatic carboxylic acids is 1. The summed E-state index contributed by atoms with van der Waals surface area (Å²) in [6.45, 7) is 0. The van der Waals surface area contributed by atoms with Crippen molar-refractivity contribution in [2.24, 2.45) is 5.92 Å². The maximum Gasteiger partial charge on any atom is 0.333 e. The molecule has 0 aliphatic heterocycles. The summed E-state index contributed by atoms with van der Waals surface area (Å²) in [6.07, 6.45) is 4.09. The molecule has 3 nitrogen and oxygen atoms in total. The van der Waals surface area contributed by atoms with Gasteiger partial charge >= 0.3 is 5.97 Å². The second-order valence-corrected chi connectivity index (χ2v) is 2.45. The van der Waals surface area contributed by atoms with E-state index in [4.69, 9.17) is 10.2 Å². The quantitative estimate of drug-likeness (QED) is 0.548. The average Bonchev–Trinajstić information content (AvgIpc) is 2.36. The topological polar surface area (TPSA) is 57.5 Å². The molecule has 0 aromatic heterocycles. The van der Waals surface area contributed by atoms with Crippen LogP contribution >= 0.6 is 0 Å². The Labute approximate surface area is 59.0 Å². The second-order valence-electron chi connectivity index (χ2n) is 2.45. The van der Waals surface area contributed by atoms with Crippen LogP contribution in [-0.2, 0) is 4.79 Å². The number of hydrogen-bond acceptors (Lipinski definition) is 2. The summed E-state index contributed by atoms with van der Waals surface area (Å²) >= 11 is 0. The zero-order chi connectivity index (χ0) is 7.56. The summed E-state index contributed by atoms with van der Waals surface area (Å²) in [5, 5.41) is 17.3. The lowest BCUT2D eigenvalue weighted by atomic mass is 10.0. The van der Waals surface area contributed by atoms with Gasteiger partial charge in [0.15, 0.2) is 6.10 Å². The van der Waals surface area contributed by atoms with Crippen LogP contribution in [0.2, 0.25) is 0 Å². The van der Waals surface area contributed by atoms with Gasteiger partial charge in [-0.05, 0) is 12.8 Å². The first kappa shape index (κ1) is 7.28. The molecule has 0 fully saturated rings. The van der Waals surface area contributed by atoms with E-state index < -0.39 is 12.1 Å². The molecule has 0 spiro atoms. The number of carbonyl (C=O) groups is 1. The van der Waals surface area contributed by atoms with Crippen molar-refractivity contribution in [2.45, 2.75) is 18.9 Å². The molecular formula is C7H10O3. The molecule has 0 aromatic rings. The van der Waals surface area contributed by atoms with Gasteiger partial charge in [-0.2, -0.15) is 0 Å². The van der Waals surface area contributed by atoms with Crippen LogP contribution in [0.1, 0.15) is 12.8 Å². The van der Waals surface area contributed by atoms with Crippen LogP contribution in [0.3, 0.4) is 0 Å². The number of carboxylic acid groups (broad SMARTS) is 1. The third-order valence-corrected chi connectivity index (χ3v) is 1.71. The van der Waals surface area contributed by atoms with E-state index in [0.29, 0.717) is 0 Å². The van der Waals surface area contributed by atoms with Gasteiger partial charge in [0.2, 0.25) is 0 Å². The third-order valence-electron chi connectivity index (χ3n) is 1.71. The molecule has 2 atom stereocenters. The number of rotatable bonds is 2. The molecule has 0 amide bonds. The molecule has 0 unspecified atom stereocenters. The summed E-state index contributed by atoms with van der Waals surface area (Å²) in [5.41, 5.74) is 0. The van der Waals surface area contributed by atoms with Gasteiger partial charge in [0.05, 0.1) is 0 Å². The fourth-order valence-corrected chi connectivity index (χ4v) is 1.10. The predicted molar refractivity (Wildman–Crippen MR) is 35.5 cm³/mol. The summed E-state index contributed by atoms with van der Waals surface area (Å²) in [5.74, 6) is -1.30. The molecule has 0 aromatic carbocycles. The molecule has 1 rings (SSSR count). The van der Waals surface area contributed by atoms with Crippen LogP contribution in [0.15, 0.2) is 12.2 Å². The zero-order valence-corrected chi connectivity index (χ0v) is 5.53. The molecule has 2 N–H and O–H groups in total. The largest absolute Gasteiger partial charge is 0.479 e. The van der Waals surface area contributed by atoms with Crippen molar-refractivity contribution < 1.29 is 15.0 Å². The van der Waals surface area contributed by atoms with E-state index in [-0.39, 0.29) is 5.92 Å². The predicted octanol–water partition coefficient (Wildman–Crippen LogP) is 0.398. The third kappa shape index (κ3) is 1.36. The number of aliphatic hydroxyl groups excluding tert-OH is 1. The Kier molecular flexibility index (Phi) is 2.06. The van der Waals surface area contributed by atoms with Crippen LogP contribution in [0.25, 0.3) is 0 Å². The highest BCUT2D eigenvalue weighted by molar-refractivity contribution is 5.72. The van der Waals surface area contributed by atoms with Gasteiger partial charge < -0.3 is 10.2 Å². The lowest BCUT2D eigenvalue weighted by molar-refractivity contribution is -0.148. The van der Waals surface area contributed by atoms with E-state index >= 15 is 0 Å². The Morgan fingerprint density at radius 2 is 2.40 bits per heavy atom. The van der Waals surface area contributed by atoms with Crippen LogP contribution < -0.4 is 0 Å². The smallest absolute Gasteiger partial charge is 0.333 e. The maximum absolute atomic E-state index is 10.2. The summed E-state index contributed by atoms with van der Waals surface area (Å²) in [4.78, 5) is 10.2.